The Morgan fingerprint density at radius 1 is 1.43 bits per heavy atom. The van der Waals surface area contributed by atoms with Gasteiger partial charge in [-0.05, 0) is 31.6 Å². The maximum Gasteiger partial charge on any atom is 0.213 e. The Morgan fingerprint density at radius 3 is 2.86 bits per heavy atom. The van der Waals surface area contributed by atoms with Crippen molar-refractivity contribution >= 4 is 27.8 Å². The first kappa shape index (κ1) is 12.8. The first-order valence-corrected chi connectivity index (χ1v) is 8.01. The molecule has 0 atom stereocenters. The minimum absolute atomic E-state index is 0.197. The summed E-state index contributed by atoms with van der Waals surface area (Å²) in [5.41, 5.74) is 8.07. The summed E-state index contributed by atoms with van der Waals surface area (Å²) in [5.74, 6) is 1.50. The van der Waals surface area contributed by atoms with E-state index in [9.17, 15) is 4.79 Å². The molecule has 0 aromatic carbocycles. The van der Waals surface area contributed by atoms with Crippen molar-refractivity contribution in [3.05, 3.63) is 22.7 Å². The highest BCUT2D eigenvalue weighted by molar-refractivity contribution is 7.18. The number of nitrogens with two attached hydrogens (primary N) is 1. The molecule has 0 amide bonds. The quantitative estimate of drug-likeness (QED) is 0.797. The number of hydrogen-bond donors (Lipinski definition) is 2. The number of nitrogens with one attached hydrogen (secondary N) is 1. The van der Waals surface area contributed by atoms with Crippen molar-refractivity contribution < 1.29 is 9.32 Å². The van der Waals surface area contributed by atoms with Crippen LogP contribution in [0.5, 0.6) is 0 Å². The van der Waals surface area contributed by atoms with Gasteiger partial charge in [0.05, 0.1) is 22.1 Å². The highest BCUT2D eigenvalue weighted by atomic mass is 32.1. The maximum atomic E-state index is 12.3. The Labute approximate surface area is 125 Å². The lowest BCUT2D eigenvalue weighted by Gasteiger charge is -2.04. The minimum Gasteiger partial charge on any atom is -0.397 e. The number of Topliss-reactive ketones (excluding diaryl/α,β-unsaturated/α-hetero) is 1. The van der Waals surface area contributed by atoms with E-state index in [1.165, 1.54) is 17.7 Å². The lowest BCUT2D eigenvalue weighted by atomic mass is 10.1. The first-order valence-electron chi connectivity index (χ1n) is 7.19. The largest absolute Gasteiger partial charge is 0.397 e. The number of anilines is 2. The fraction of sp³-hybridized carbons (Fsp3) is 0.500. The third kappa shape index (κ3) is 2.42. The first-order chi connectivity index (χ1) is 10.2. The molecule has 0 radical (unpaired) electrons. The average molecular weight is 304 g/mol. The van der Waals surface area contributed by atoms with Crippen LogP contribution in [0.1, 0.15) is 52.7 Å². The number of hydrogen-bond acceptors (Lipinski definition) is 7. The van der Waals surface area contributed by atoms with Crippen LogP contribution in [0.25, 0.3) is 0 Å². The van der Waals surface area contributed by atoms with E-state index in [0.29, 0.717) is 24.0 Å². The van der Waals surface area contributed by atoms with Gasteiger partial charge < -0.3 is 15.6 Å². The average Bonchev–Trinajstić information content (AvgIpc) is 3.40. The highest BCUT2D eigenvalue weighted by Gasteiger charge is 2.37. The van der Waals surface area contributed by atoms with E-state index in [-0.39, 0.29) is 11.7 Å². The zero-order valence-corrected chi connectivity index (χ0v) is 12.3. The van der Waals surface area contributed by atoms with Crippen molar-refractivity contribution in [3.8, 4) is 0 Å². The van der Waals surface area contributed by atoms with E-state index in [1.54, 1.807) is 0 Å². The number of nitrogen functional groups attached to an aromatic ring is 1. The minimum atomic E-state index is 0.197. The highest BCUT2D eigenvalue weighted by Crippen LogP contribution is 2.52. The fourth-order valence-electron chi connectivity index (χ4n) is 2.51. The number of thiophene rings is 1. The molecule has 2 saturated carbocycles. The van der Waals surface area contributed by atoms with Gasteiger partial charge in [0.2, 0.25) is 6.39 Å². The second-order valence-corrected chi connectivity index (χ2v) is 6.72. The lowest BCUT2D eigenvalue weighted by Crippen LogP contribution is -2.03. The van der Waals surface area contributed by atoms with Gasteiger partial charge in [-0.25, -0.2) is 0 Å². The van der Waals surface area contributed by atoms with Crippen LogP contribution < -0.4 is 11.1 Å². The molecule has 4 rings (SSSR count). The van der Waals surface area contributed by atoms with Crippen molar-refractivity contribution in [2.24, 2.45) is 5.92 Å². The van der Waals surface area contributed by atoms with E-state index in [2.05, 4.69) is 15.5 Å². The summed E-state index contributed by atoms with van der Waals surface area (Å²) in [6.45, 7) is 0.479. The molecular formula is C14H16N4O2S. The molecule has 2 aromatic rings. The van der Waals surface area contributed by atoms with Crippen molar-refractivity contribution in [2.45, 2.75) is 38.1 Å². The summed E-state index contributed by atoms with van der Waals surface area (Å²) in [5, 5.41) is 8.09. The molecule has 6 nitrogen and oxygen atoms in total. The van der Waals surface area contributed by atoms with E-state index < -0.39 is 0 Å². The SMILES string of the molecule is Nc1c(C(=O)C2CC2)sc(NCc2ncon2)c1C1CC1. The Balaban J connectivity index is 1.61. The molecule has 2 aliphatic carbocycles. The van der Waals surface area contributed by atoms with Crippen LogP contribution in [-0.4, -0.2) is 15.9 Å². The van der Waals surface area contributed by atoms with Gasteiger partial charge in [0.25, 0.3) is 0 Å². The number of aromatic nitrogens is 2. The number of carbonyl (C=O) groups excluding carboxylic acids is 1. The number of carbonyl (C=O) groups is 1. The van der Waals surface area contributed by atoms with Gasteiger partial charge >= 0.3 is 0 Å². The Morgan fingerprint density at radius 2 is 2.24 bits per heavy atom. The summed E-state index contributed by atoms with van der Waals surface area (Å²) in [7, 11) is 0. The molecule has 2 heterocycles. The predicted octanol–water partition coefficient (Wildman–Crippen LogP) is 2.80. The molecule has 0 bridgehead atoms. The van der Waals surface area contributed by atoms with Gasteiger partial charge in [0, 0.05) is 11.5 Å². The zero-order chi connectivity index (χ0) is 14.4. The van der Waals surface area contributed by atoms with Crippen molar-refractivity contribution in [2.75, 3.05) is 11.1 Å². The lowest BCUT2D eigenvalue weighted by molar-refractivity contribution is 0.0972. The molecule has 2 aromatic heterocycles. The normalized spacial score (nSPS) is 17.9. The standard InChI is InChI=1S/C14H16N4O2S/c15-11-10(7-1-2-7)14(16-5-9-17-6-20-18-9)21-13(11)12(19)8-3-4-8/h6-8,16H,1-5,15H2. The summed E-state index contributed by atoms with van der Waals surface area (Å²) in [6.07, 6.45) is 5.61. The second-order valence-electron chi connectivity index (χ2n) is 5.70. The van der Waals surface area contributed by atoms with Crippen LogP contribution in [0.4, 0.5) is 10.7 Å². The van der Waals surface area contributed by atoms with Gasteiger partial charge in [-0.3, -0.25) is 4.79 Å². The van der Waals surface area contributed by atoms with Crippen molar-refractivity contribution in [1.29, 1.82) is 0 Å². The van der Waals surface area contributed by atoms with Gasteiger partial charge in [0.1, 0.15) is 0 Å². The predicted molar refractivity (Wildman–Crippen MR) is 79.4 cm³/mol. The third-order valence-corrected chi connectivity index (χ3v) is 5.15. The molecule has 0 unspecified atom stereocenters. The van der Waals surface area contributed by atoms with Gasteiger partial charge in [0.15, 0.2) is 11.6 Å². The van der Waals surface area contributed by atoms with Crippen LogP contribution in [0.2, 0.25) is 0 Å². The zero-order valence-electron chi connectivity index (χ0n) is 11.5. The van der Waals surface area contributed by atoms with E-state index >= 15 is 0 Å². The molecular weight excluding hydrogens is 288 g/mol. The van der Waals surface area contributed by atoms with E-state index in [0.717, 1.165) is 41.1 Å². The Bertz CT molecular complexity index is 671. The Hall–Kier alpha value is -1.89. The molecule has 21 heavy (non-hydrogen) atoms. The smallest absolute Gasteiger partial charge is 0.213 e. The summed E-state index contributed by atoms with van der Waals surface area (Å²) >= 11 is 1.48. The van der Waals surface area contributed by atoms with Gasteiger partial charge in [-0.1, -0.05) is 5.16 Å². The van der Waals surface area contributed by atoms with Gasteiger partial charge in [-0.15, -0.1) is 11.3 Å². The fourth-order valence-corrected chi connectivity index (χ4v) is 3.73. The van der Waals surface area contributed by atoms with E-state index in [1.807, 2.05) is 0 Å². The van der Waals surface area contributed by atoms with E-state index in [4.69, 9.17) is 10.3 Å². The van der Waals surface area contributed by atoms with Crippen LogP contribution in [-0.2, 0) is 6.54 Å². The van der Waals surface area contributed by atoms with Crippen LogP contribution in [0.15, 0.2) is 10.9 Å². The van der Waals surface area contributed by atoms with Crippen LogP contribution in [0.3, 0.4) is 0 Å². The number of nitrogens with zero attached hydrogens (tertiary/aromatic N) is 2. The molecule has 110 valence electrons. The van der Waals surface area contributed by atoms with Gasteiger partial charge in [-0.2, -0.15) is 4.98 Å². The molecule has 3 N–H and O–H groups in total. The van der Waals surface area contributed by atoms with Crippen LogP contribution >= 0.6 is 11.3 Å². The molecule has 7 heteroatoms. The topological polar surface area (TPSA) is 94.0 Å². The summed E-state index contributed by atoms with van der Waals surface area (Å²) in [6, 6.07) is 0. The summed E-state index contributed by atoms with van der Waals surface area (Å²) in [4.78, 5) is 17.1. The van der Waals surface area contributed by atoms with Crippen LogP contribution in [0, 0.1) is 5.92 Å². The number of rotatable bonds is 6. The second kappa shape index (κ2) is 4.84. The molecule has 0 aliphatic heterocycles. The summed E-state index contributed by atoms with van der Waals surface area (Å²) < 4.78 is 4.72. The van der Waals surface area contributed by atoms with Crippen molar-refractivity contribution in [3.63, 3.8) is 0 Å². The molecule has 2 fully saturated rings. The monoisotopic (exact) mass is 304 g/mol. The Kier molecular flexibility index (Phi) is 2.95. The number of ketones is 1. The molecule has 2 aliphatic rings. The third-order valence-electron chi connectivity index (χ3n) is 3.96. The molecule has 0 saturated heterocycles. The van der Waals surface area contributed by atoms with Crippen molar-refractivity contribution in [1.82, 2.24) is 10.1 Å². The maximum absolute atomic E-state index is 12.3. The molecule has 0 spiro atoms.